The zero-order valence-corrected chi connectivity index (χ0v) is 13.2. The van der Waals surface area contributed by atoms with Crippen LogP contribution in [-0.2, 0) is 4.74 Å². The van der Waals surface area contributed by atoms with Crippen LogP contribution >= 0.6 is 27.7 Å². The van der Waals surface area contributed by atoms with Crippen molar-refractivity contribution in [3.05, 3.63) is 34.3 Å². The van der Waals surface area contributed by atoms with Crippen molar-refractivity contribution in [2.24, 2.45) is 4.99 Å². The van der Waals surface area contributed by atoms with Crippen LogP contribution in [0.15, 0.2) is 33.7 Å². The fourth-order valence-corrected chi connectivity index (χ4v) is 2.80. The van der Waals surface area contributed by atoms with E-state index in [2.05, 4.69) is 26.2 Å². The third-order valence-corrected chi connectivity index (χ3v) is 4.06. The number of Topliss-reactive ketones (excluding diaryl/α,β-unsaturated/α-hetero) is 1. The van der Waals surface area contributed by atoms with Gasteiger partial charge in [-0.2, -0.15) is 0 Å². The molecule has 1 N–H and O–H groups in total. The fourth-order valence-electron chi connectivity index (χ4n) is 1.64. The Hall–Kier alpha value is -1.34. The van der Waals surface area contributed by atoms with Crippen molar-refractivity contribution in [1.82, 2.24) is 5.32 Å². The summed E-state index contributed by atoms with van der Waals surface area (Å²) in [5.74, 6) is 0.474. The van der Waals surface area contributed by atoms with E-state index in [-0.39, 0.29) is 5.78 Å². The average Bonchev–Trinajstić information content (AvgIpc) is 2.87. The van der Waals surface area contributed by atoms with Gasteiger partial charge in [0.25, 0.3) is 0 Å². The molecule has 0 aromatic heterocycles. The number of ether oxygens (including phenoxy) is 1. The highest BCUT2D eigenvalue weighted by atomic mass is 79.9. The number of nitrogens with zero attached hydrogens (tertiary/aromatic N) is 1. The van der Waals surface area contributed by atoms with Gasteiger partial charge in [0.05, 0.1) is 6.61 Å². The van der Waals surface area contributed by atoms with Gasteiger partial charge in [-0.1, -0.05) is 39.8 Å². The van der Waals surface area contributed by atoms with E-state index in [4.69, 9.17) is 4.74 Å². The van der Waals surface area contributed by atoms with Crippen LogP contribution < -0.4 is 5.32 Å². The first-order valence-electron chi connectivity index (χ1n) is 6.04. The van der Waals surface area contributed by atoms with Crippen molar-refractivity contribution in [2.75, 3.05) is 12.4 Å². The fraction of sp³-hybridized carbons (Fsp3) is 0.308. The Morgan fingerprint density at radius 3 is 2.80 bits per heavy atom. The van der Waals surface area contributed by atoms with E-state index in [0.717, 1.165) is 4.47 Å². The van der Waals surface area contributed by atoms with Gasteiger partial charge < -0.3 is 4.74 Å². The van der Waals surface area contributed by atoms with Crippen LogP contribution in [0.4, 0.5) is 4.79 Å². The van der Waals surface area contributed by atoms with Gasteiger partial charge in [0, 0.05) is 15.8 Å². The number of nitrogens with one attached hydrogen (secondary N) is 1. The maximum absolute atomic E-state index is 12.2. The summed E-state index contributed by atoms with van der Waals surface area (Å²) in [5, 5.41) is 2.95. The molecule has 106 valence electrons. The highest BCUT2D eigenvalue weighted by Crippen LogP contribution is 2.21. The van der Waals surface area contributed by atoms with Gasteiger partial charge in [0.1, 0.15) is 6.04 Å². The molecule has 1 unspecified atom stereocenters. The van der Waals surface area contributed by atoms with Gasteiger partial charge in [-0.3, -0.25) is 10.1 Å². The van der Waals surface area contributed by atoms with E-state index in [1.165, 1.54) is 11.8 Å². The van der Waals surface area contributed by atoms with Gasteiger partial charge in [0.15, 0.2) is 11.0 Å². The molecule has 0 aliphatic carbocycles. The molecule has 20 heavy (non-hydrogen) atoms. The molecule has 1 aromatic rings. The predicted molar refractivity (Wildman–Crippen MR) is 82.3 cm³/mol. The van der Waals surface area contributed by atoms with Crippen LogP contribution in [0.3, 0.4) is 0 Å². The standard InChI is InChI=1S/C13H13BrN2O3S/c1-2-19-13(18)16-12-15-10(7-20-12)11(17)8-3-5-9(14)6-4-8/h3-6,10H,2,7H2,1H3,(H,15,16,18). The Labute approximate surface area is 129 Å². The van der Waals surface area contributed by atoms with Gasteiger partial charge in [-0.05, 0) is 19.1 Å². The number of thioether (sulfide) groups is 1. The summed E-state index contributed by atoms with van der Waals surface area (Å²) >= 11 is 4.66. The quantitative estimate of drug-likeness (QED) is 0.845. The van der Waals surface area contributed by atoms with E-state index in [1.54, 1.807) is 19.1 Å². The van der Waals surface area contributed by atoms with Crippen LogP contribution in [0.25, 0.3) is 0 Å². The number of hydrogen-bond donors (Lipinski definition) is 1. The Morgan fingerprint density at radius 1 is 1.45 bits per heavy atom. The lowest BCUT2D eigenvalue weighted by molar-refractivity contribution is 0.0971. The second kappa shape index (κ2) is 6.90. The molecule has 0 saturated heterocycles. The maximum atomic E-state index is 12.2. The number of aliphatic imine (C=N–C) groups is 1. The van der Waals surface area contributed by atoms with E-state index in [9.17, 15) is 9.59 Å². The third kappa shape index (κ3) is 3.83. The van der Waals surface area contributed by atoms with Crippen molar-refractivity contribution in [3.63, 3.8) is 0 Å². The summed E-state index contributed by atoms with van der Waals surface area (Å²) < 4.78 is 5.68. The summed E-state index contributed by atoms with van der Waals surface area (Å²) in [6.45, 7) is 2.02. The number of carbonyl (C=O) groups is 2. The van der Waals surface area contributed by atoms with Gasteiger partial charge in [-0.15, -0.1) is 0 Å². The lowest BCUT2D eigenvalue weighted by Crippen LogP contribution is -2.28. The first kappa shape index (κ1) is 15.1. The predicted octanol–water partition coefficient (Wildman–Crippen LogP) is 2.85. The lowest BCUT2D eigenvalue weighted by Gasteiger charge is -2.04. The number of alkyl carbamates (subject to hydrolysis) is 1. The van der Waals surface area contributed by atoms with Crippen molar-refractivity contribution in [2.45, 2.75) is 13.0 Å². The minimum Gasteiger partial charge on any atom is -0.450 e. The number of halogens is 1. The van der Waals surface area contributed by atoms with E-state index < -0.39 is 12.1 Å². The SMILES string of the molecule is CCOC(=O)NC1=NC(C(=O)c2ccc(Br)cc2)CS1. The topological polar surface area (TPSA) is 67.8 Å². The number of ketones is 1. The minimum atomic E-state index is -0.546. The Bertz CT molecular complexity index is 545. The van der Waals surface area contributed by atoms with Crippen LogP contribution in [0, 0.1) is 0 Å². The van der Waals surface area contributed by atoms with Crippen molar-refractivity contribution >= 4 is 44.7 Å². The van der Waals surface area contributed by atoms with Crippen LogP contribution in [0.2, 0.25) is 0 Å². The molecule has 7 heteroatoms. The summed E-state index contributed by atoms with van der Waals surface area (Å²) in [5.41, 5.74) is 0.611. The molecule has 1 atom stereocenters. The maximum Gasteiger partial charge on any atom is 0.413 e. The summed E-state index contributed by atoms with van der Waals surface area (Å²) in [6, 6.07) is 6.68. The van der Waals surface area contributed by atoms with Gasteiger partial charge in [0.2, 0.25) is 0 Å². The van der Waals surface area contributed by atoms with E-state index in [0.29, 0.717) is 23.1 Å². The number of hydrogen-bond acceptors (Lipinski definition) is 5. The summed E-state index contributed by atoms with van der Waals surface area (Å²) in [4.78, 5) is 27.7. The monoisotopic (exact) mass is 356 g/mol. The number of amidine groups is 1. The molecule has 1 aliphatic heterocycles. The lowest BCUT2D eigenvalue weighted by atomic mass is 10.1. The average molecular weight is 357 g/mol. The number of benzene rings is 1. The normalized spacial score (nSPS) is 17.5. The molecule has 1 amide bonds. The van der Waals surface area contributed by atoms with Crippen LogP contribution in [0.1, 0.15) is 17.3 Å². The molecular formula is C13H13BrN2O3S. The minimum absolute atomic E-state index is 0.0503. The molecule has 1 aromatic carbocycles. The largest absolute Gasteiger partial charge is 0.450 e. The van der Waals surface area contributed by atoms with Crippen molar-refractivity contribution < 1.29 is 14.3 Å². The van der Waals surface area contributed by atoms with Gasteiger partial charge >= 0.3 is 6.09 Å². The molecule has 0 saturated carbocycles. The second-order valence-corrected chi connectivity index (χ2v) is 5.90. The third-order valence-electron chi connectivity index (χ3n) is 2.57. The van der Waals surface area contributed by atoms with Crippen LogP contribution in [-0.4, -0.2) is 35.4 Å². The summed E-state index contributed by atoms with van der Waals surface area (Å²) in [7, 11) is 0. The molecule has 0 bridgehead atoms. The van der Waals surface area contributed by atoms with E-state index >= 15 is 0 Å². The molecular weight excluding hydrogens is 344 g/mol. The first-order valence-corrected chi connectivity index (χ1v) is 7.82. The summed E-state index contributed by atoms with van der Waals surface area (Å²) in [6.07, 6.45) is -0.546. The molecule has 0 spiro atoms. The van der Waals surface area contributed by atoms with E-state index in [1.807, 2.05) is 12.1 Å². The number of rotatable bonds is 3. The number of carbonyl (C=O) groups excluding carboxylic acids is 2. The zero-order chi connectivity index (χ0) is 14.5. The van der Waals surface area contributed by atoms with Crippen molar-refractivity contribution in [1.29, 1.82) is 0 Å². The molecule has 5 nitrogen and oxygen atoms in total. The van der Waals surface area contributed by atoms with Crippen LogP contribution in [0.5, 0.6) is 0 Å². The van der Waals surface area contributed by atoms with Crippen molar-refractivity contribution in [3.8, 4) is 0 Å². The zero-order valence-electron chi connectivity index (χ0n) is 10.8. The highest BCUT2D eigenvalue weighted by Gasteiger charge is 2.27. The smallest absolute Gasteiger partial charge is 0.413 e. The van der Waals surface area contributed by atoms with Gasteiger partial charge in [-0.25, -0.2) is 9.79 Å². The highest BCUT2D eigenvalue weighted by molar-refractivity contribution is 9.10. The molecule has 0 radical (unpaired) electrons. The molecule has 2 rings (SSSR count). The second-order valence-electron chi connectivity index (χ2n) is 3.98. The molecule has 0 fully saturated rings. The number of amides is 1. The Balaban J connectivity index is 2.00. The molecule has 1 aliphatic rings. The Kier molecular flexibility index (Phi) is 5.19. The first-order chi connectivity index (χ1) is 9.60. The molecule has 1 heterocycles. The Morgan fingerprint density at radius 2 is 2.15 bits per heavy atom.